The van der Waals surface area contributed by atoms with Gasteiger partial charge < -0.3 is 10.1 Å². The van der Waals surface area contributed by atoms with Crippen molar-refractivity contribution in [1.82, 2.24) is 4.72 Å². The molecule has 1 aromatic carbocycles. The largest absolute Gasteiger partial charge is 0.461 e. The van der Waals surface area contributed by atoms with Crippen molar-refractivity contribution in [2.45, 2.75) is 57.3 Å². The average molecular weight is 414 g/mol. The van der Waals surface area contributed by atoms with Crippen molar-refractivity contribution in [1.29, 1.82) is 0 Å². The monoisotopic (exact) mass is 414 g/mol. The van der Waals surface area contributed by atoms with Crippen molar-refractivity contribution in [3.05, 3.63) is 24.3 Å². The standard InChI is InChI=1S/C17H26F4N2O3S/c1-16(2,3)27(24,25)23-11-6-4-5-10-22-13-8-7-9-14(12-13)26-17(20,21)15(18)19/h7-9,12,15,22-23H,4-6,10-11H2,1-3H3. The van der Waals surface area contributed by atoms with E-state index in [2.05, 4.69) is 14.8 Å². The van der Waals surface area contributed by atoms with Crippen molar-refractivity contribution in [3.63, 3.8) is 0 Å². The summed E-state index contributed by atoms with van der Waals surface area (Å²) in [5.74, 6) is -0.359. The first-order valence-electron chi connectivity index (χ1n) is 8.53. The maximum absolute atomic E-state index is 12.9. The van der Waals surface area contributed by atoms with E-state index in [9.17, 15) is 26.0 Å². The number of hydrogen-bond donors (Lipinski definition) is 2. The van der Waals surface area contributed by atoms with Gasteiger partial charge in [0.25, 0.3) is 0 Å². The highest BCUT2D eigenvalue weighted by atomic mass is 32.2. The molecule has 2 N–H and O–H groups in total. The molecule has 27 heavy (non-hydrogen) atoms. The molecular weight excluding hydrogens is 388 g/mol. The third-order valence-electron chi connectivity index (χ3n) is 3.62. The summed E-state index contributed by atoms with van der Waals surface area (Å²) in [6, 6.07) is 5.40. The Morgan fingerprint density at radius 1 is 1.07 bits per heavy atom. The van der Waals surface area contributed by atoms with Crippen LogP contribution in [0.15, 0.2) is 24.3 Å². The lowest BCUT2D eigenvalue weighted by atomic mass is 10.2. The molecular formula is C17H26F4N2O3S. The number of halogens is 4. The van der Waals surface area contributed by atoms with Crippen LogP contribution in [0.2, 0.25) is 0 Å². The van der Waals surface area contributed by atoms with Crippen molar-refractivity contribution < 1.29 is 30.7 Å². The first-order chi connectivity index (χ1) is 12.3. The van der Waals surface area contributed by atoms with E-state index in [0.29, 0.717) is 25.2 Å². The molecule has 5 nitrogen and oxygen atoms in total. The second-order valence-corrected chi connectivity index (χ2v) is 9.51. The van der Waals surface area contributed by atoms with E-state index >= 15 is 0 Å². The number of alkyl halides is 4. The minimum absolute atomic E-state index is 0.339. The summed E-state index contributed by atoms with van der Waals surface area (Å²) in [5.41, 5.74) is 0.464. The van der Waals surface area contributed by atoms with E-state index < -0.39 is 27.3 Å². The van der Waals surface area contributed by atoms with Gasteiger partial charge in [-0.2, -0.15) is 17.6 Å². The summed E-state index contributed by atoms with van der Waals surface area (Å²) in [5, 5.41) is 2.98. The Bertz CT molecular complexity index is 692. The Hall–Kier alpha value is -1.55. The number of rotatable bonds is 11. The third-order valence-corrected chi connectivity index (χ3v) is 5.82. The highest BCUT2D eigenvalue weighted by Crippen LogP contribution is 2.28. The number of ether oxygens (including phenoxy) is 1. The minimum atomic E-state index is -4.54. The highest BCUT2D eigenvalue weighted by molar-refractivity contribution is 7.90. The van der Waals surface area contributed by atoms with Gasteiger partial charge in [-0.3, -0.25) is 0 Å². The van der Waals surface area contributed by atoms with Crippen LogP contribution in [-0.2, 0) is 10.0 Å². The fourth-order valence-corrected chi connectivity index (χ4v) is 2.80. The van der Waals surface area contributed by atoms with Crippen LogP contribution in [0.1, 0.15) is 40.0 Å². The van der Waals surface area contributed by atoms with Gasteiger partial charge in [-0.05, 0) is 45.7 Å². The molecule has 0 bridgehead atoms. The summed E-state index contributed by atoms with van der Waals surface area (Å²) < 4.78 is 79.6. The summed E-state index contributed by atoms with van der Waals surface area (Å²) in [6.07, 6.45) is -6.33. The Morgan fingerprint density at radius 3 is 2.30 bits per heavy atom. The van der Waals surface area contributed by atoms with Crippen LogP contribution in [0.3, 0.4) is 0 Å². The molecule has 1 aromatic rings. The number of hydrogen-bond acceptors (Lipinski definition) is 4. The molecule has 0 aliphatic heterocycles. The first kappa shape index (κ1) is 23.5. The van der Waals surface area contributed by atoms with Gasteiger partial charge >= 0.3 is 12.5 Å². The molecule has 0 heterocycles. The fraction of sp³-hybridized carbons (Fsp3) is 0.647. The molecule has 0 amide bonds. The van der Waals surface area contributed by atoms with Gasteiger partial charge in [-0.1, -0.05) is 12.5 Å². The number of anilines is 1. The Labute approximate surface area is 157 Å². The van der Waals surface area contributed by atoms with Crippen LogP contribution in [-0.4, -0.2) is 38.8 Å². The molecule has 0 saturated carbocycles. The van der Waals surface area contributed by atoms with E-state index in [1.165, 1.54) is 18.2 Å². The average Bonchev–Trinajstić information content (AvgIpc) is 2.52. The predicted octanol–water partition coefficient (Wildman–Crippen LogP) is 4.22. The second-order valence-electron chi connectivity index (χ2n) is 6.99. The molecule has 0 saturated heterocycles. The quantitative estimate of drug-likeness (QED) is 0.420. The zero-order valence-corrected chi connectivity index (χ0v) is 16.4. The lowest BCUT2D eigenvalue weighted by molar-refractivity contribution is -0.253. The van der Waals surface area contributed by atoms with Crippen LogP contribution >= 0.6 is 0 Å². The molecule has 1 rings (SSSR count). The summed E-state index contributed by atoms with van der Waals surface area (Å²) in [7, 11) is -3.35. The molecule has 156 valence electrons. The number of nitrogens with one attached hydrogen (secondary N) is 2. The number of unbranched alkanes of at least 4 members (excludes halogenated alkanes) is 2. The van der Waals surface area contributed by atoms with Gasteiger partial charge in [0.1, 0.15) is 5.75 Å². The summed E-state index contributed by atoms with van der Waals surface area (Å²) in [6.45, 7) is 5.71. The van der Waals surface area contributed by atoms with Crippen LogP contribution in [0.4, 0.5) is 23.2 Å². The van der Waals surface area contributed by atoms with Crippen LogP contribution in [0, 0.1) is 0 Å². The normalized spacial score (nSPS) is 13.0. The lowest BCUT2D eigenvalue weighted by Gasteiger charge is -2.19. The Balaban J connectivity index is 2.32. The predicted molar refractivity (Wildman–Crippen MR) is 97.0 cm³/mol. The lowest BCUT2D eigenvalue weighted by Crippen LogP contribution is -2.39. The van der Waals surface area contributed by atoms with Gasteiger partial charge in [0.2, 0.25) is 10.0 Å². The maximum atomic E-state index is 12.9. The van der Waals surface area contributed by atoms with Crippen LogP contribution < -0.4 is 14.8 Å². The van der Waals surface area contributed by atoms with Crippen LogP contribution in [0.5, 0.6) is 5.75 Å². The number of benzene rings is 1. The third kappa shape index (κ3) is 7.92. The summed E-state index contributed by atoms with van der Waals surface area (Å²) in [4.78, 5) is 0. The Kier molecular flexibility index (Phi) is 8.34. The zero-order chi connectivity index (χ0) is 20.7. The zero-order valence-electron chi connectivity index (χ0n) is 15.6. The molecule has 0 radical (unpaired) electrons. The number of sulfonamides is 1. The SMILES string of the molecule is CC(C)(C)S(=O)(=O)NCCCCCNc1cccc(OC(F)(F)C(F)F)c1. The van der Waals surface area contributed by atoms with Crippen molar-refractivity contribution in [2.24, 2.45) is 0 Å². The molecule has 0 aliphatic rings. The van der Waals surface area contributed by atoms with Crippen molar-refractivity contribution in [3.8, 4) is 5.75 Å². The molecule has 0 spiro atoms. The molecule has 0 unspecified atom stereocenters. The van der Waals surface area contributed by atoms with Crippen LogP contribution in [0.25, 0.3) is 0 Å². The molecule has 0 aromatic heterocycles. The molecule has 0 aliphatic carbocycles. The fourth-order valence-electron chi connectivity index (χ4n) is 1.95. The Morgan fingerprint density at radius 2 is 1.70 bits per heavy atom. The minimum Gasteiger partial charge on any atom is -0.428 e. The van der Waals surface area contributed by atoms with Crippen molar-refractivity contribution >= 4 is 15.7 Å². The smallest absolute Gasteiger partial charge is 0.428 e. The molecule has 0 atom stereocenters. The van der Waals surface area contributed by atoms with E-state index in [-0.39, 0.29) is 5.75 Å². The molecule has 0 fully saturated rings. The van der Waals surface area contributed by atoms with Gasteiger partial charge in [0.15, 0.2) is 0 Å². The first-order valence-corrected chi connectivity index (χ1v) is 10.0. The van der Waals surface area contributed by atoms with Gasteiger partial charge in [0, 0.05) is 24.8 Å². The van der Waals surface area contributed by atoms with E-state index in [1.807, 2.05) is 0 Å². The van der Waals surface area contributed by atoms with Crippen molar-refractivity contribution in [2.75, 3.05) is 18.4 Å². The van der Waals surface area contributed by atoms with E-state index in [4.69, 9.17) is 0 Å². The second kappa shape index (κ2) is 9.59. The maximum Gasteiger partial charge on any atom is 0.461 e. The van der Waals surface area contributed by atoms with Gasteiger partial charge in [0.05, 0.1) is 4.75 Å². The van der Waals surface area contributed by atoms with Gasteiger partial charge in [-0.15, -0.1) is 0 Å². The van der Waals surface area contributed by atoms with E-state index in [0.717, 1.165) is 12.8 Å². The summed E-state index contributed by atoms with van der Waals surface area (Å²) >= 11 is 0. The van der Waals surface area contributed by atoms with E-state index in [1.54, 1.807) is 26.8 Å². The highest BCUT2D eigenvalue weighted by Gasteiger charge is 2.43. The van der Waals surface area contributed by atoms with Gasteiger partial charge in [-0.25, -0.2) is 13.1 Å². The topological polar surface area (TPSA) is 67.4 Å². The molecule has 10 heteroatoms.